The molecule has 0 bridgehead atoms. The first kappa shape index (κ1) is 13.4. The van der Waals surface area contributed by atoms with Gasteiger partial charge in [-0.25, -0.2) is 8.78 Å². The number of hydrogen-bond acceptors (Lipinski definition) is 1. The van der Waals surface area contributed by atoms with E-state index in [9.17, 15) is 8.78 Å². The monoisotopic (exact) mass is 168 g/mol. The van der Waals surface area contributed by atoms with Crippen molar-refractivity contribution in [3.63, 3.8) is 0 Å². The van der Waals surface area contributed by atoms with E-state index in [0.717, 1.165) is 0 Å². The van der Waals surface area contributed by atoms with Crippen molar-refractivity contribution in [3.8, 4) is 0 Å². The Morgan fingerprint density at radius 3 is 2.00 bits per heavy atom. The summed E-state index contributed by atoms with van der Waals surface area (Å²) in [5, 5.41) is 0. The summed E-state index contributed by atoms with van der Waals surface area (Å²) in [4.78, 5) is 0. The summed E-state index contributed by atoms with van der Waals surface area (Å²) in [7, 11) is 1.42. The van der Waals surface area contributed by atoms with Crippen LogP contribution in [-0.4, -0.2) is 19.6 Å². The Morgan fingerprint density at radius 2 is 1.73 bits per heavy atom. The Balaban J connectivity index is 0. The summed E-state index contributed by atoms with van der Waals surface area (Å²) in [6.45, 7) is 5.61. The van der Waals surface area contributed by atoms with Gasteiger partial charge in [0.05, 0.1) is 6.61 Å². The van der Waals surface area contributed by atoms with Crippen molar-refractivity contribution < 1.29 is 13.5 Å². The van der Waals surface area contributed by atoms with Gasteiger partial charge in [0, 0.05) is 20.0 Å². The molecule has 70 valence electrons. The van der Waals surface area contributed by atoms with E-state index < -0.39 is 5.92 Å². The first-order valence-electron chi connectivity index (χ1n) is 3.99. The second-order valence-corrected chi connectivity index (χ2v) is 1.95. The molecular formula is C8H18F2O. The zero-order valence-corrected chi connectivity index (χ0v) is 7.79. The summed E-state index contributed by atoms with van der Waals surface area (Å²) in [6, 6.07) is 0. The fourth-order valence-corrected chi connectivity index (χ4v) is 0.428. The third kappa shape index (κ3) is 9.82. The van der Waals surface area contributed by atoms with Crippen LogP contribution in [0.25, 0.3) is 0 Å². The lowest BCUT2D eigenvalue weighted by atomic mass is 10.2. The fourth-order valence-electron chi connectivity index (χ4n) is 0.428. The van der Waals surface area contributed by atoms with Crippen LogP contribution in [0.3, 0.4) is 0 Å². The molecule has 1 nitrogen and oxygen atoms in total. The van der Waals surface area contributed by atoms with Crippen molar-refractivity contribution in [1.29, 1.82) is 0 Å². The molecule has 0 saturated carbocycles. The van der Waals surface area contributed by atoms with E-state index in [2.05, 4.69) is 4.74 Å². The molecule has 0 N–H and O–H groups in total. The molecule has 0 fully saturated rings. The third-order valence-corrected chi connectivity index (χ3v) is 1.19. The minimum Gasteiger partial charge on any atom is -0.384 e. The van der Waals surface area contributed by atoms with E-state index >= 15 is 0 Å². The average Bonchev–Trinajstić information content (AvgIpc) is 2.05. The molecule has 0 spiro atoms. The minimum absolute atomic E-state index is 0.101. The molecular weight excluding hydrogens is 150 g/mol. The molecule has 0 saturated heterocycles. The summed E-state index contributed by atoms with van der Waals surface area (Å²) in [6.07, 6.45) is -0.267. The van der Waals surface area contributed by atoms with Gasteiger partial charge >= 0.3 is 0 Å². The van der Waals surface area contributed by atoms with Crippen LogP contribution in [0.1, 0.15) is 33.6 Å². The molecule has 0 amide bonds. The molecule has 0 aliphatic carbocycles. The van der Waals surface area contributed by atoms with Gasteiger partial charge in [0.1, 0.15) is 0 Å². The van der Waals surface area contributed by atoms with E-state index in [1.807, 2.05) is 13.8 Å². The largest absolute Gasteiger partial charge is 0.384 e. The molecule has 0 aromatic heterocycles. The van der Waals surface area contributed by atoms with E-state index in [-0.39, 0.29) is 19.4 Å². The molecule has 0 rings (SSSR count). The van der Waals surface area contributed by atoms with Crippen LogP contribution in [0.15, 0.2) is 0 Å². The van der Waals surface area contributed by atoms with Crippen LogP contribution >= 0.6 is 0 Å². The van der Waals surface area contributed by atoms with Gasteiger partial charge in [0.25, 0.3) is 0 Å². The molecule has 0 heterocycles. The molecule has 3 heteroatoms. The van der Waals surface area contributed by atoms with Crippen molar-refractivity contribution in [2.45, 2.75) is 39.5 Å². The van der Waals surface area contributed by atoms with Crippen molar-refractivity contribution >= 4 is 0 Å². The smallest absolute Gasteiger partial charge is 0.250 e. The van der Waals surface area contributed by atoms with Crippen LogP contribution in [0.5, 0.6) is 0 Å². The van der Waals surface area contributed by atoms with E-state index in [4.69, 9.17) is 0 Å². The maximum absolute atomic E-state index is 12.3. The summed E-state index contributed by atoms with van der Waals surface area (Å²) in [5.41, 5.74) is 0. The molecule has 0 radical (unpaired) electrons. The third-order valence-electron chi connectivity index (χ3n) is 1.19. The topological polar surface area (TPSA) is 9.23 Å². The summed E-state index contributed by atoms with van der Waals surface area (Å²) in [5.74, 6) is -2.53. The van der Waals surface area contributed by atoms with Gasteiger partial charge < -0.3 is 4.74 Å². The van der Waals surface area contributed by atoms with Gasteiger partial charge in [-0.2, -0.15) is 0 Å². The molecule has 0 aliphatic heterocycles. The fraction of sp³-hybridized carbons (Fsp3) is 1.00. The predicted octanol–water partition coefficient (Wildman–Crippen LogP) is 3.09. The van der Waals surface area contributed by atoms with Crippen molar-refractivity contribution in [1.82, 2.24) is 0 Å². The highest BCUT2D eigenvalue weighted by molar-refractivity contribution is 4.61. The standard InChI is InChI=1S/C6H12F2O.C2H6/c1-3-6(7,8)4-5-9-2;1-2/h3-5H2,1-2H3;1-2H3. The highest BCUT2D eigenvalue weighted by atomic mass is 19.3. The van der Waals surface area contributed by atoms with Gasteiger partial charge in [-0.15, -0.1) is 0 Å². The normalized spacial score (nSPS) is 10.4. The number of ether oxygens (including phenoxy) is 1. The number of hydrogen-bond donors (Lipinski definition) is 0. The van der Waals surface area contributed by atoms with Gasteiger partial charge in [0.15, 0.2) is 0 Å². The first-order valence-corrected chi connectivity index (χ1v) is 3.99. The van der Waals surface area contributed by atoms with Gasteiger partial charge in [-0.3, -0.25) is 0 Å². The SMILES string of the molecule is CC.CCC(F)(F)CCOC. The predicted molar refractivity (Wildman–Crippen MR) is 43.1 cm³/mol. The van der Waals surface area contributed by atoms with E-state index in [0.29, 0.717) is 0 Å². The number of rotatable bonds is 4. The van der Waals surface area contributed by atoms with Crippen LogP contribution < -0.4 is 0 Å². The Bertz CT molecular complexity index is 74.5. The molecule has 0 aromatic rings. The molecule has 0 aromatic carbocycles. The summed E-state index contributed by atoms with van der Waals surface area (Å²) >= 11 is 0. The van der Waals surface area contributed by atoms with E-state index in [1.165, 1.54) is 14.0 Å². The Labute approximate surface area is 67.7 Å². The van der Waals surface area contributed by atoms with Crippen LogP contribution in [0.4, 0.5) is 8.78 Å². The molecule has 11 heavy (non-hydrogen) atoms. The van der Waals surface area contributed by atoms with Gasteiger partial charge in [-0.05, 0) is 0 Å². The van der Waals surface area contributed by atoms with Gasteiger partial charge in [-0.1, -0.05) is 20.8 Å². The number of methoxy groups -OCH3 is 1. The molecule has 0 aliphatic rings. The highest BCUT2D eigenvalue weighted by Crippen LogP contribution is 2.21. The van der Waals surface area contributed by atoms with Crippen molar-refractivity contribution in [2.75, 3.05) is 13.7 Å². The van der Waals surface area contributed by atoms with Crippen molar-refractivity contribution in [2.24, 2.45) is 0 Å². The zero-order chi connectivity index (χ0) is 9.33. The highest BCUT2D eigenvalue weighted by Gasteiger charge is 2.24. The second kappa shape index (κ2) is 7.92. The number of halogens is 2. The first-order chi connectivity index (χ1) is 5.12. The zero-order valence-electron chi connectivity index (χ0n) is 7.79. The summed E-state index contributed by atoms with van der Waals surface area (Å²) < 4.78 is 29.0. The lowest BCUT2D eigenvalue weighted by Crippen LogP contribution is -2.16. The number of alkyl halides is 2. The maximum Gasteiger partial charge on any atom is 0.250 e. The molecule has 0 atom stereocenters. The average molecular weight is 168 g/mol. The maximum atomic E-state index is 12.3. The second-order valence-electron chi connectivity index (χ2n) is 1.95. The quantitative estimate of drug-likeness (QED) is 0.626. The van der Waals surface area contributed by atoms with E-state index in [1.54, 1.807) is 0 Å². The Morgan fingerprint density at radius 1 is 1.27 bits per heavy atom. The lowest BCUT2D eigenvalue weighted by molar-refractivity contribution is -0.0300. The van der Waals surface area contributed by atoms with Crippen LogP contribution in [0.2, 0.25) is 0 Å². The lowest BCUT2D eigenvalue weighted by Gasteiger charge is -2.11. The molecule has 0 unspecified atom stereocenters. The Kier molecular flexibility index (Phi) is 9.66. The van der Waals surface area contributed by atoms with Crippen LogP contribution in [0, 0.1) is 0 Å². The Hall–Kier alpha value is -0.180. The minimum atomic E-state index is -2.53. The van der Waals surface area contributed by atoms with Gasteiger partial charge in [0.2, 0.25) is 5.92 Å². The van der Waals surface area contributed by atoms with Crippen molar-refractivity contribution in [3.05, 3.63) is 0 Å². The van der Waals surface area contributed by atoms with Crippen LogP contribution in [-0.2, 0) is 4.74 Å².